The Bertz CT molecular complexity index is 889. The van der Waals surface area contributed by atoms with Gasteiger partial charge in [-0.1, -0.05) is 6.92 Å². The molecule has 0 unspecified atom stereocenters. The van der Waals surface area contributed by atoms with E-state index in [1.54, 1.807) is 6.08 Å². The van der Waals surface area contributed by atoms with Crippen LogP contribution in [-0.2, 0) is 9.59 Å². The van der Waals surface area contributed by atoms with Crippen molar-refractivity contribution >= 4 is 34.6 Å². The number of aromatic nitrogens is 2. The molecule has 2 fully saturated rings. The zero-order chi connectivity index (χ0) is 19.0. The van der Waals surface area contributed by atoms with Crippen molar-refractivity contribution in [2.75, 3.05) is 31.1 Å². The molecule has 7 nitrogen and oxygen atoms in total. The van der Waals surface area contributed by atoms with E-state index in [0.29, 0.717) is 11.8 Å². The van der Waals surface area contributed by atoms with Crippen molar-refractivity contribution in [2.45, 2.75) is 19.8 Å². The molecule has 0 radical (unpaired) electrons. The zero-order valence-electron chi connectivity index (χ0n) is 15.5. The summed E-state index contributed by atoms with van der Waals surface area (Å²) < 4.78 is 0. The van der Waals surface area contributed by atoms with Crippen molar-refractivity contribution in [1.29, 1.82) is 0 Å². The molecule has 0 atom stereocenters. The maximum atomic E-state index is 12.5. The average molecular weight is 367 g/mol. The number of carbonyl (C=O) groups is 2. The van der Waals surface area contributed by atoms with Gasteiger partial charge >= 0.3 is 0 Å². The Hall–Kier alpha value is -2.83. The molecule has 3 N–H and O–H groups in total. The van der Waals surface area contributed by atoms with E-state index in [-0.39, 0.29) is 5.92 Å². The molecular weight excluding hydrogens is 342 g/mol. The van der Waals surface area contributed by atoms with Gasteiger partial charge in [0.15, 0.2) is 0 Å². The fraction of sp³-hybridized carbons (Fsp3) is 0.450. The van der Waals surface area contributed by atoms with Gasteiger partial charge < -0.3 is 20.5 Å². The van der Waals surface area contributed by atoms with E-state index in [9.17, 15) is 9.59 Å². The van der Waals surface area contributed by atoms with Crippen LogP contribution in [-0.4, -0.2) is 52.9 Å². The summed E-state index contributed by atoms with van der Waals surface area (Å²) in [5, 5.41) is 0.951. The Labute approximate surface area is 158 Å². The standard InChI is InChI=1S/C20H25N5O2/c1-13-8-15(9-13)20(27)25-6-4-24(5-7-25)16-10-17-14(2-3-18(21)26)11-22-19(17)23-12-16/h2-3,10-13,15H,4-9H2,1H3,(H2,21,26)(H,22,23)/b3-2+. The highest BCUT2D eigenvalue weighted by Gasteiger charge is 2.35. The second-order valence-electron chi connectivity index (χ2n) is 7.66. The first-order valence-electron chi connectivity index (χ1n) is 9.49. The van der Waals surface area contributed by atoms with Crippen molar-refractivity contribution in [3.8, 4) is 0 Å². The maximum Gasteiger partial charge on any atom is 0.241 e. The SMILES string of the molecule is CC1CC(C(=O)N2CCN(c3cnc4[nH]cc(/C=C/C(N)=O)c4c3)CC2)C1. The number of fused-ring (bicyclic) bond motifs is 1. The molecule has 2 aromatic rings. The Morgan fingerprint density at radius 2 is 2.00 bits per heavy atom. The largest absolute Gasteiger partial charge is 0.367 e. The van der Waals surface area contributed by atoms with Gasteiger partial charge in [0.05, 0.1) is 11.9 Å². The third-order valence-electron chi connectivity index (χ3n) is 5.66. The van der Waals surface area contributed by atoms with Crippen LogP contribution < -0.4 is 10.6 Å². The predicted octanol–water partition coefficient (Wildman–Crippen LogP) is 1.76. The van der Waals surface area contributed by atoms with Crippen LogP contribution in [0.2, 0.25) is 0 Å². The summed E-state index contributed by atoms with van der Waals surface area (Å²) in [7, 11) is 0. The quantitative estimate of drug-likeness (QED) is 0.805. The molecule has 0 aromatic carbocycles. The summed E-state index contributed by atoms with van der Waals surface area (Å²) in [5.74, 6) is 0.780. The topological polar surface area (TPSA) is 95.3 Å². The molecule has 1 aliphatic heterocycles. The highest BCUT2D eigenvalue weighted by Crippen LogP contribution is 2.34. The van der Waals surface area contributed by atoms with Gasteiger partial charge in [-0.2, -0.15) is 0 Å². The summed E-state index contributed by atoms with van der Waals surface area (Å²) in [5.41, 5.74) is 7.87. The first kappa shape index (κ1) is 17.6. The molecular formula is C20H25N5O2. The molecule has 1 aliphatic carbocycles. The number of aromatic amines is 1. The highest BCUT2D eigenvalue weighted by molar-refractivity contribution is 5.95. The Morgan fingerprint density at radius 1 is 1.26 bits per heavy atom. The van der Waals surface area contributed by atoms with Crippen molar-refractivity contribution in [3.05, 3.63) is 30.1 Å². The number of nitrogens with two attached hydrogens (primary N) is 1. The number of hydrogen-bond donors (Lipinski definition) is 2. The minimum absolute atomic E-state index is 0.240. The molecule has 1 saturated heterocycles. The van der Waals surface area contributed by atoms with Gasteiger partial charge in [-0.05, 0) is 30.9 Å². The summed E-state index contributed by atoms with van der Waals surface area (Å²) >= 11 is 0. The Morgan fingerprint density at radius 3 is 2.67 bits per heavy atom. The second kappa shape index (κ2) is 7.06. The lowest BCUT2D eigenvalue weighted by molar-refractivity contribution is -0.140. The number of pyridine rings is 1. The van der Waals surface area contributed by atoms with Gasteiger partial charge in [0.1, 0.15) is 5.65 Å². The number of H-pyrrole nitrogens is 1. The molecule has 2 aliphatic rings. The van der Waals surface area contributed by atoms with E-state index < -0.39 is 5.91 Å². The van der Waals surface area contributed by atoms with Crippen molar-refractivity contribution in [3.63, 3.8) is 0 Å². The third-order valence-corrected chi connectivity index (χ3v) is 5.66. The number of nitrogens with one attached hydrogen (secondary N) is 1. The van der Waals surface area contributed by atoms with Gasteiger partial charge in [-0.15, -0.1) is 0 Å². The van der Waals surface area contributed by atoms with E-state index in [4.69, 9.17) is 5.73 Å². The van der Waals surface area contributed by atoms with Crippen molar-refractivity contribution in [2.24, 2.45) is 17.6 Å². The number of anilines is 1. The van der Waals surface area contributed by atoms with Crippen LogP contribution in [0.15, 0.2) is 24.5 Å². The number of piperazine rings is 1. The maximum absolute atomic E-state index is 12.5. The smallest absolute Gasteiger partial charge is 0.241 e. The molecule has 27 heavy (non-hydrogen) atoms. The van der Waals surface area contributed by atoms with Gasteiger partial charge in [0.2, 0.25) is 11.8 Å². The van der Waals surface area contributed by atoms with Crippen molar-refractivity contribution < 1.29 is 9.59 Å². The molecule has 0 bridgehead atoms. The van der Waals surface area contributed by atoms with Gasteiger partial charge in [0, 0.05) is 55.3 Å². The summed E-state index contributed by atoms with van der Waals surface area (Å²) in [4.78, 5) is 35.4. The minimum Gasteiger partial charge on any atom is -0.367 e. The van der Waals surface area contributed by atoms with Crippen LogP contribution in [0.4, 0.5) is 5.69 Å². The molecule has 0 spiro atoms. The first-order valence-corrected chi connectivity index (χ1v) is 9.49. The van der Waals surface area contributed by atoms with Crippen LogP contribution in [0.25, 0.3) is 17.1 Å². The lowest BCUT2D eigenvalue weighted by atomic mass is 9.75. The van der Waals surface area contributed by atoms with Crippen LogP contribution in [0.1, 0.15) is 25.3 Å². The number of rotatable bonds is 4. The number of hydrogen-bond acceptors (Lipinski definition) is 4. The highest BCUT2D eigenvalue weighted by atomic mass is 16.2. The second-order valence-corrected chi connectivity index (χ2v) is 7.66. The number of nitrogens with zero attached hydrogens (tertiary/aromatic N) is 3. The lowest BCUT2D eigenvalue weighted by Gasteiger charge is -2.40. The van der Waals surface area contributed by atoms with E-state index in [0.717, 1.165) is 61.3 Å². The van der Waals surface area contributed by atoms with E-state index in [1.807, 2.05) is 17.3 Å². The van der Waals surface area contributed by atoms with E-state index >= 15 is 0 Å². The lowest BCUT2D eigenvalue weighted by Crippen LogP contribution is -2.51. The normalized spacial score (nSPS) is 23.0. The number of amides is 2. The van der Waals surface area contributed by atoms with Gasteiger partial charge in [0.25, 0.3) is 0 Å². The van der Waals surface area contributed by atoms with Crippen molar-refractivity contribution in [1.82, 2.24) is 14.9 Å². The summed E-state index contributed by atoms with van der Waals surface area (Å²) in [6.07, 6.45) is 8.79. The molecule has 4 rings (SSSR count). The predicted molar refractivity (Wildman–Crippen MR) is 105 cm³/mol. The molecule has 2 aromatic heterocycles. The molecule has 1 saturated carbocycles. The Kier molecular flexibility index (Phi) is 4.59. The van der Waals surface area contributed by atoms with E-state index in [1.165, 1.54) is 6.08 Å². The van der Waals surface area contributed by atoms with Crippen LogP contribution in [0, 0.1) is 11.8 Å². The monoisotopic (exact) mass is 367 g/mol. The zero-order valence-corrected chi connectivity index (χ0v) is 15.5. The molecule has 3 heterocycles. The molecule has 142 valence electrons. The van der Waals surface area contributed by atoms with Crippen LogP contribution >= 0.6 is 0 Å². The van der Waals surface area contributed by atoms with Gasteiger partial charge in [-0.3, -0.25) is 9.59 Å². The molecule has 7 heteroatoms. The summed E-state index contributed by atoms with van der Waals surface area (Å²) in [6.45, 7) is 5.32. The third kappa shape index (κ3) is 3.54. The van der Waals surface area contributed by atoms with Crippen LogP contribution in [0.3, 0.4) is 0 Å². The number of primary amides is 1. The molecule has 2 amide bonds. The first-order chi connectivity index (χ1) is 13.0. The van der Waals surface area contributed by atoms with E-state index in [2.05, 4.69) is 27.9 Å². The van der Waals surface area contributed by atoms with Crippen LogP contribution in [0.5, 0.6) is 0 Å². The fourth-order valence-electron chi connectivity index (χ4n) is 4.04. The Balaban J connectivity index is 1.45. The fourth-order valence-corrected chi connectivity index (χ4v) is 4.04. The minimum atomic E-state index is -0.477. The summed E-state index contributed by atoms with van der Waals surface area (Å²) in [6, 6.07) is 2.07. The van der Waals surface area contributed by atoms with Gasteiger partial charge in [-0.25, -0.2) is 4.98 Å². The number of carbonyl (C=O) groups excluding carboxylic acids is 2. The average Bonchev–Trinajstić information content (AvgIpc) is 3.05.